The number of sulfonamides is 1. The lowest BCUT2D eigenvalue weighted by molar-refractivity contribution is -0.136. The Kier molecular flexibility index (Phi) is 5.71. The molecule has 0 amide bonds. The molecular formula is C14H21NO4S. The van der Waals surface area contributed by atoms with Gasteiger partial charge in [0, 0.05) is 12.5 Å². The van der Waals surface area contributed by atoms with Gasteiger partial charge in [-0.25, -0.2) is 13.1 Å². The fraction of sp³-hybridized carbons (Fsp3) is 0.500. The van der Waals surface area contributed by atoms with Crippen molar-refractivity contribution in [3.05, 3.63) is 29.8 Å². The van der Waals surface area contributed by atoms with Crippen LogP contribution in [0, 0.1) is 5.92 Å². The SMILES string of the molecule is CC(C)C(C)NS(=O)(=O)c1ccc(CCC(=O)O)cc1. The van der Waals surface area contributed by atoms with Gasteiger partial charge < -0.3 is 5.11 Å². The molecule has 1 rings (SSSR count). The van der Waals surface area contributed by atoms with E-state index in [-0.39, 0.29) is 23.3 Å². The van der Waals surface area contributed by atoms with E-state index in [0.29, 0.717) is 6.42 Å². The van der Waals surface area contributed by atoms with Crippen LogP contribution in [0.25, 0.3) is 0 Å². The molecule has 2 N–H and O–H groups in total. The van der Waals surface area contributed by atoms with E-state index in [2.05, 4.69) is 4.72 Å². The maximum atomic E-state index is 12.1. The average molecular weight is 299 g/mol. The predicted molar refractivity (Wildman–Crippen MR) is 77.0 cm³/mol. The molecule has 1 unspecified atom stereocenters. The van der Waals surface area contributed by atoms with Crippen LogP contribution in [0.2, 0.25) is 0 Å². The van der Waals surface area contributed by atoms with Crippen LogP contribution in [-0.4, -0.2) is 25.5 Å². The van der Waals surface area contributed by atoms with E-state index >= 15 is 0 Å². The van der Waals surface area contributed by atoms with Gasteiger partial charge >= 0.3 is 5.97 Å². The van der Waals surface area contributed by atoms with Crippen molar-refractivity contribution in [2.24, 2.45) is 5.92 Å². The number of aliphatic carboxylic acids is 1. The van der Waals surface area contributed by atoms with Gasteiger partial charge in [-0.15, -0.1) is 0 Å². The summed E-state index contributed by atoms with van der Waals surface area (Å²) in [6.45, 7) is 5.72. The second kappa shape index (κ2) is 6.85. The lowest BCUT2D eigenvalue weighted by Gasteiger charge is -2.17. The van der Waals surface area contributed by atoms with Gasteiger partial charge in [-0.3, -0.25) is 4.79 Å². The fourth-order valence-electron chi connectivity index (χ4n) is 1.54. The number of hydrogen-bond acceptors (Lipinski definition) is 3. The maximum absolute atomic E-state index is 12.1. The molecule has 0 aliphatic rings. The van der Waals surface area contributed by atoms with E-state index in [0.717, 1.165) is 5.56 Å². The zero-order valence-electron chi connectivity index (χ0n) is 12.0. The Morgan fingerprint density at radius 3 is 2.20 bits per heavy atom. The van der Waals surface area contributed by atoms with Crippen molar-refractivity contribution < 1.29 is 18.3 Å². The van der Waals surface area contributed by atoms with Gasteiger partial charge in [0.15, 0.2) is 0 Å². The molecule has 20 heavy (non-hydrogen) atoms. The minimum atomic E-state index is -3.52. The first kappa shape index (κ1) is 16.7. The third kappa shape index (κ3) is 4.94. The Hall–Kier alpha value is -1.40. The molecule has 0 aliphatic heterocycles. The summed E-state index contributed by atoms with van der Waals surface area (Å²) < 4.78 is 26.9. The molecule has 0 saturated carbocycles. The van der Waals surface area contributed by atoms with Crippen LogP contribution >= 0.6 is 0 Å². The summed E-state index contributed by atoms with van der Waals surface area (Å²) in [6.07, 6.45) is 0.431. The molecule has 1 aromatic rings. The van der Waals surface area contributed by atoms with Crippen LogP contribution in [0.5, 0.6) is 0 Å². The van der Waals surface area contributed by atoms with Crippen molar-refractivity contribution in [2.75, 3.05) is 0 Å². The second-order valence-electron chi connectivity index (χ2n) is 5.19. The molecule has 1 atom stereocenters. The summed E-state index contributed by atoms with van der Waals surface area (Å²) in [7, 11) is -3.52. The largest absolute Gasteiger partial charge is 0.481 e. The Labute approximate surface area is 120 Å². The van der Waals surface area contributed by atoms with E-state index in [1.807, 2.05) is 20.8 Å². The number of carboxylic acid groups (broad SMARTS) is 1. The minimum Gasteiger partial charge on any atom is -0.481 e. The highest BCUT2D eigenvalue weighted by Crippen LogP contribution is 2.13. The molecule has 0 saturated heterocycles. The number of hydrogen-bond donors (Lipinski definition) is 2. The molecule has 0 heterocycles. The zero-order chi connectivity index (χ0) is 15.3. The first-order chi connectivity index (χ1) is 9.22. The van der Waals surface area contributed by atoms with E-state index in [4.69, 9.17) is 5.11 Å². The molecule has 0 spiro atoms. The highest BCUT2D eigenvalue weighted by Gasteiger charge is 2.18. The first-order valence-electron chi connectivity index (χ1n) is 6.55. The van der Waals surface area contributed by atoms with Crippen molar-refractivity contribution in [1.29, 1.82) is 0 Å². The predicted octanol–water partition coefficient (Wildman–Crippen LogP) is 2.03. The molecule has 1 aromatic carbocycles. The number of rotatable bonds is 7. The topological polar surface area (TPSA) is 83.5 Å². The normalized spacial score (nSPS) is 13.4. The molecule has 5 nitrogen and oxygen atoms in total. The molecule has 0 radical (unpaired) electrons. The Bertz CT molecular complexity index is 549. The lowest BCUT2D eigenvalue weighted by Crippen LogP contribution is -2.36. The molecule has 0 aliphatic carbocycles. The van der Waals surface area contributed by atoms with E-state index in [1.165, 1.54) is 12.1 Å². The standard InChI is InChI=1S/C14H21NO4S/c1-10(2)11(3)15-20(18,19)13-7-4-12(5-8-13)6-9-14(16)17/h4-5,7-8,10-11,15H,6,9H2,1-3H3,(H,16,17). The molecule has 6 heteroatoms. The minimum absolute atomic E-state index is 0.0364. The second-order valence-corrected chi connectivity index (χ2v) is 6.91. The van der Waals surface area contributed by atoms with Gasteiger partial charge in [-0.05, 0) is 37.0 Å². The molecule has 112 valence electrons. The number of nitrogens with one attached hydrogen (secondary N) is 1. The monoisotopic (exact) mass is 299 g/mol. The number of carbonyl (C=O) groups is 1. The van der Waals surface area contributed by atoms with Gasteiger partial charge in [-0.1, -0.05) is 26.0 Å². The molecule has 0 fully saturated rings. The Balaban J connectivity index is 2.79. The van der Waals surface area contributed by atoms with Gasteiger partial charge in [0.25, 0.3) is 0 Å². The summed E-state index contributed by atoms with van der Waals surface area (Å²) in [6, 6.07) is 6.17. The molecule has 0 aromatic heterocycles. The van der Waals surface area contributed by atoms with Gasteiger partial charge in [0.2, 0.25) is 10.0 Å². The Morgan fingerprint density at radius 2 is 1.75 bits per heavy atom. The fourth-order valence-corrected chi connectivity index (χ4v) is 2.93. The van der Waals surface area contributed by atoms with Gasteiger partial charge in [0.05, 0.1) is 4.90 Å². The van der Waals surface area contributed by atoms with Crippen molar-refractivity contribution >= 4 is 16.0 Å². The van der Waals surface area contributed by atoms with Crippen molar-refractivity contribution in [3.63, 3.8) is 0 Å². The molecule has 0 bridgehead atoms. The number of carboxylic acids is 1. The summed E-state index contributed by atoms with van der Waals surface area (Å²) in [5.74, 6) is -0.659. The van der Waals surface area contributed by atoms with E-state index < -0.39 is 16.0 Å². The average Bonchev–Trinajstić information content (AvgIpc) is 2.36. The number of benzene rings is 1. The zero-order valence-corrected chi connectivity index (χ0v) is 12.8. The summed E-state index contributed by atoms with van der Waals surface area (Å²) in [5, 5.41) is 8.60. The van der Waals surface area contributed by atoms with Crippen LogP contribution in [0.4, 0.5) is 0 Å². The van der Waals surface area contributed by atoms with Crippen molar-refractivity contribution in [2.45, 2.75) is 44.6 Å². The Morgan fingerprint density at radius 1 is 1.20 bits per heavy atom. The van der Waals surface area contributed by atoms with E-state index in [9.17, 15) is 13.2 Å². The molecular weight excluding hydrogens is 278 g/mol. The van der Waals surface area contributed by atoms with Gasteiger partial charge in [0.1, 0.15) is 0 Å². The maximum Gasteiger partial charge on any atom is 0.303 e. The smallest absolute Gasteiger partial charge is 0.303 e. The van der Waals surface area contributed by atoms with Crippen molar-refractivity contribution in [1.82, 2.24) is 4.72 Å². The third-order valence-electron chi connectivity index (χ3n) is 3.20. The van der Waals surface area contributed by atoms with Crippen LogP contribution in [0.15, 0.2) is 29.2 Å². The summed E-state index contributed by atoms with van der Waals surface area (Å²) in [5.41, 5.74) is 0.809. The van der Waals surface area contributed by atoms with Gasteiger partial charge in [-0.2, -0.15) is 0 Å². The highest BCUT2D eigenvalue weighted by atomic mass is 32.2. The van der Waals surface area contributed by atoms with Crippen LogP contribution in [-0.2, 0) is 21.2 Å². The van der Waals surface area contributed by atoms with Crippen molar-refractivity contribution in [3.8, 4) is 0 Å². The first-order valence-corrected chi connectivity index (χ1v) is 8.04. The van der Waals surface area contributed by atoms with Crippen LogP contribution in [0.1, 0.15) is 32.8 Å². The van der Waals surface area contributed by atoms with Crippen LogP contribution < -0.4 is 4.72 Å². The summed E-state index contributed by atoms with van der Waals surface area (Å²) in [4.78, 5) is 10.7. The van der Waals surface area contributed by atoms with E-state index in [1.54, 1.807) is 12.1 Å². The quantitative estimate of drug-likeness (QED) is 0.807. The third-order valence-corrected chi connectivity index (χ3v) is 4.78. The number of aryl methyl sites for hydroxylation is 1. The summed E-state index contributed by atoms with van der Waals surface area (Å²) >= 11 is 0. The van der Waals surface area contributed by atoms with Crippen LogP contribution in [0.3, 0.4) is 0 Å². The lowest BCUT2D eigenvalue weighted by atomic mass is 10.1. The highest BCUT2D eigenvalue weighted by molar-refractivity contribution is 7.89.